The second-order valence-corrected chi connectivity index (χ2v) is 3.85. The molecule has 0 saturated carbocycles. The second kappa shape index (κ2) is 6.94. The van der Waals surface area contributed by atoms with Crippen molar-refractivity contribution in [1.29, 1.82) is 0 Å². The second-order valence-electron chi connectivity index (χ2n) is 3.85. The minimum absolute atomic E-state index is 0.212. The number of ether oxygens (including phenoxy) is 1. The minimum Gasteiger partial charge on any atom is -0.504 e. The lowest BCUT2D eigenvalue weighted by Crippen LogP contribution is -1.98. The summed E-state index contributed by atoms with van der Waals surface area (Å²) in [7, 11) is 0. The molecule has 2 nitrogen and oxygen atoms in total. The summed E-state index contributed by atoms with van der Waals surface area (Å²) < 4.78 is 5.54. The molecule has 1 rings (SSSR count). The van der Waals surface area contributed by atoms with Gasteiger partial charge in [0, 0.05) is 0 Å². The Balaban J connectivity index is 2.55. The Labute approximate surface area is 97.6 Å². The molecule has 0 fully saturated rings. The standard InChI is InChI=1S/C14H20O2/c1-3-5-6-10-16-14-11-12(7-4-2)8-9-13(14)15/h4,8-9,11,15H,2-3,5-7,10H2,1H3. The number of benzene rings is 1. The van der Waals surface area contributed by atoms with E-state index in [1.807, 2.05) is 18.2 Å². The molecule has 0 aliphatic carbocycles. The van der Waals surface area contributed by atoms with Gasteiger partial charge in [0.2, 0.25) is 0 Å². The molecule has 1 aromatic rings. The Morgan fingerprint density at radius 2 is 2.19 bits per heavy atom. The van der Waals surface area contributed by atoms with Gasteiger partial charge in [0.1, 0.15) is 0 Å². The van der Waals surface area contributed by atoms with Gasteiger partial charge in [0.25, 0.3) is 0 Å². The Kier molecular flexibility index (Phi) is 5.48. The summed E-state index contributed by atoms with van der Waals surface area (Å²) in [6.45, 7) is 6.51. The van der Waals surface area contributed by atoms with Gasteiger partial charge in [0.05, 0.1) is 6.61 Å². The Morgan fingerprint density at radius 1 is 1.38 bits per heavy atom. The lowest BCUT2D eigenvalue weighted by atomic mass is 10.1. The highest BCUT2D eigenvalue weighted by Crippen LogP contribution is 2.27. The average Bonchev–Trinajstić information content (AvgIpc) is 2.29. The van der Waals surface area contributed by atoms with Crippen LogP contribution >= 0.6 is 0 Å². The third-order valence-electron chi connectivity index (χ3n) is 2.41. The molecular weight excluding hydrogens is 200 g/mol. The van der Waals surface area contributed by atoms with Crippen molar-refractivity contribution in [2.45, 2.75) is 32.6 Å². The topological polar surface area (TPSA) is 29.5 Å². The van der Waals surface area contributed by atoms with Gasteiger partial charge < -0.3 is 9.84 Å². The zero-order chi connectivity index (χ0) is 11.8. The highest BCUT2D eigenvalue weighted by atomic mass is 16.5. The van der Waals surface area contributed by atoms with Gasteiger partial charge in [-0.2, -0.15) is 0 Å². The summed E-state index contributed by atoms with van der Waals surface area (Å²) >= 11 is 0. The molecule has 0 spiro atoms. The third-order valence-corrected chi connectivity index (χ3v) is 2.41. The van der Waals surface area contributed by atoms with E-state index in [-0.39, 0.29) is 5.75 Å². The molecule has 0 radical (unpaired) electrons. The van der Waals surface area contributed by atoms with Crippen molar-refractivity contribution >= 4 is 0 Å². The Bertz CT molecular complexity index is 332. The van der Waals surface area contributed by atoms with Crippen molar-refractivity contribution in [2.75, 3.05) is 6.61 Å². The van der Waals surface area contributed by atoms with Crippen LogP contribution in [0.15, 0.2) is 30.9 Å². The van der Waals surface area contributed by atoms with E-state index in [0.29, 0.717) is 12.4 Å². The van der Waals surface area contributed by atoms with Crippen molar-refractivity contribution in [2.24, 2.45) is 0 Å². The van der Waals surface area contributed by atoms with E-state index in [9.17, 15) is 5.11 Å². The number of allylic oxidation sites excluding steroid dienone is 1. The molecular formula is C14H20O2. The first-order chi connectivity index (χ1) is 7.77. The van der Waals surface area contributed by atoms with Crippen LogP contribution in [0, 0.1) is 0 Å². The lowest BCUT2D eigenvalue weighted by Gasteiger charge is -2.09. The molecule has 0 unspecified atom stereocenters. The molecule has 0 heterocycles. The molecule has 0 aliphatic heterocycles. The molecule has 0 aromatic heterocycles. The van der Waals surface area contributed by atoms with Crippen LogP contribution in [0.3, 0.4) is 0 Å². The van der Waals surface area contributed by atoms with Crippen molar-refractivity contribution < 1.29 is 9.84 Å². The highest BCUT2D eigenvalue weighted by Gasteiger charge is 2.03. The fraction of sp³-hybridized carbons (Fsp3) is 0.429. The molecule has 0 saturated heterocycles. The summed E-state index contributed by atoms with van der Waals surface area (Å²) in [4.78, 5) is 0. The molecule has 0 aliphatic rings. The fourth-order valence-corrected chi connectivity index (χ4v) is 1.50. The van der Waals surface area contributed by atoms with Crippen LogP contribution in [0.4, 0.5) is 0 Å². The van der Waals surface area contributed by atoms with E-state index in [1.54, 1.807) is 6.07 Å². The zero-order valence-corrected chi connectivity index (χ0v) is 9.91. The maximum atomic E-state index is 9.61. The van der Waals surface area contributed by atoms with Crippen LogP contribution in [0.5, 0.6) is 11.5 Å². The molecule has 88 valence electrons. The van der Waals surface area contributed by atoms with Crippen LogP contribution in [-0.4, -0.2) is 11.7 Å². The predicted octanol–water partition coefficient (Wildman–Crippen LogP) is 3.69. The molecule has 0 amide bonds. The van der Waals surface area contributed by atoms with Gasteiger partial charge in [-0.15, -0.1) is 6.58 Å². The Morgan fingerprint density at radius 3 is 2.88 bits per heavy atom. The predicted molar refractivity (Wildman–Crippen MR) is 67.0 cm³/mol. The summed E-state index contributed by atoms with van der Waals surface area (Å²) in [6, 6.07) is 5.44. The molecule has 2 heteroatoms. The molecule has 1 aromatic carbocycles. The zero-order valence-electron chi connectivity index (χ0n) is 9.91. The monoisotopic (exact) mass is 220 g/mol. The van der Waals surface area contributed by atoms with Gasteiger partial charge in [-0.05, 0) is 30.5 Å². The normalized spacial score (nSPS) is 10.1. The highest BCUT2D eigenvalue weighted by molar-refractivity contribution is 5.42. The molecule has 1 N–H and O–H groups in total. The van der Waals surface area contributed by atoms with E-state index in [2.05, 4.69) is 13.5 Å². The van der Waals surface area contributed by atoms with Gasteiger partial charge >= 0.3 is 0 Å². The molecule has 0 atom stereocenters. The fourth-order valence-electron chi connectivity index (χ4n) is 1.50. The summed E-state index contributed by atoms with van der Waals surface area (Å²) in [6.07, 6.45) is 6.00. The third kappa shape index (κ3) is 3.97. The number of aromatic hydroxyl groups is 1. The number of phenolic OH excluding ortho intramolecular Hbond substituents is 1. The van der Waals surface area contributed by atoms with E-state index in [1.165, 1.54) is 6.42 Å². The maximum Gasteiger partial charge on any atom is 0.161 e. The first kappa shape index (κ1) is 12.6. The lowest BCUT2D eigenvalue weighted by molar-refractivity contribution is 0.290. The first-order valence-electron chi connectivity index (χ1n) is 5.83. The SMILES string of the molecule is C=CCc1ccc(O)c(OCCCCC)c1. The maximum absolute atomic E-state index is 9.61. The summed E-state index contributed by atoms with van der Waals surface area (Å²) in [5.74, 6) is 0.791. The van der Waals surface area contributed by atoms with E-state index < -0.39 is 0 Å². The van der Waals surface area contributed by atoms with Gasteiger partial charge in [0.15, 0.2) is 11.5 Å². The minimum atomic E-state index is 0.212. The number of hydrogen-bond donors (Lipinski definition) is 1. The smallest absolute Gasteiger partial charge is 0.161 e. The molecule has 0 bridgehead atoms. The van der Waals surface area contributed by atoms with Crippen molar-refractivity contribution in [1.82, 2.24) is 0 Å². The van der Waals surface area contributed by atoms with Crippen molar-refractivity contribution in [3.63, 3.8) is 0 Å². The van der Waals surface area contributed by atoms with Crippen LogP contribution < -0.4 is 4.74 Å². The van der Waals surface area contributed by atoms with Crippen molar-refractivity contribution in [3.05, 3.63) is 36.4 Å². The van der Waals surface area contributed by atoms with Crippen molar-refractivity contribution in [3.8, 4) is 11.5 Å². The van der Waals surface area contributed by atoms with E-state index >= 15 is 0 Å². The quantitative estimate of drug-likeness (QED) is 0.561. The van der Waals surface area contributed by atoms with Crippen LogP contribution in [0.25, 0.3) is 0 Å². The summed E-state index contributed by atoms with van der Waals surface area (Å²) in [5.41, 5.74) is 1.11. The van der Waals surface area contributed by atoms with Gasteiger partial charge in [-0.25, -0.2) is 0 Å². The van der Waals surface area contributed by atoms with Gasteiger partial charge in [-0.1, -0.05) is 31.9 Å². The Hall–Kier alpha value is -1.44. The van der Waals surface area contributed by atoms with Crippen LogP contribution in [0.2, 0.25) is 0 Å². The van der Waals surface area contributed by atoms with Crippen LogP contribution in [0.1, 0.15) is 31.7 Å². The first-order valence-corrected chi connectivity index (χ1v) is 5.83. The average molecular weight is 220 g/mol. The summed E-state index contributed by atoms with van der Waals surface area (Å²) in [5, 5.41) is 9.61. The number of unbranched alkanes of at least 4 members (excludes halogenated alkanes) is 2. The van der Waals surface area contributed by atoms with E-state index in [0.717, 1.165) is 24.8 Å². The number of rotatable bonds is 7. The molecule has 16 heavy (non-hydrogen) atoms. The van der Waals surface area contributed by atoms with Crippen LogP contribution in [-0.2, 0) is 6.42 Å². The van der Waals surface area contributed by atoms with Gasteiger partial charge in [-0.3, -0.25) is 0 Å². The van der Waals surface area contributed by atoms with E-state index in [4.69, 9.17) is 4.74 Å². The number of hydrogen-bond acceptors (Lipinski definition) is 2. The number of phenols is 1. The largest absolute Gasteiger partial charge is 0.504 e.